The SMILES string of the molecule is C1=CC2C=c3c(-c4ccc5ccccc5c4)c4cc5sccc5cc4c(-c4ccc5ccccc5c4)c3=CC2S1. The molecule has 2 aliphatic rings. The van der Waals surface area contributed by atoms with Gasteiger partial charge in [-0.15, -0.1) is 23.1 Å². The van der Waals surface area contributed by atoms with Crippen LogP contribution in [-0.2, 0) is 0 Å². The molecule has 0 saturated heterocycles. The zero-order valence-corrected chi connectivity index (χ0v) is 23.3. The average Bonchev–Trinajstić information content (AvgIpc) is 3.66. The van der Waals surface area contributed by atoms with Crippen molar-refractivity contribution in [3.63, 3.8) is 0 Å². The molecule has 0 amide bonds. The minimum Gasteiger partial charge on any atom is -0.144 e. The Labute approximate surface area is 240 Å². The van der Waals surface area contributed by atoms with E-state index in [1.807, 2.05) is 23.1 Å². The molecule has 0 saturated carbocycles. The summed E-state index contributed by atoms with van der Waals surface area (Å²) in [6.45, 7) is 0. The Morgan fingerprint density at radius 2 is 1.15 bits per heavy atom. The summed E-state index contributed by atoms with van der Waals surface area (Å²) in [4.78, 5) is 0. The minimum atomic E-state index is 0.420. The lowest BCUT2D eigenvalue weighted by Crippen LogP contribution is -2.36. The molecule has 0 fully saturated rings. The lowest BCUT2D eigenvalue weighted by molar-refractivity contribution is 0.930. The van der Waals surface area contributed by atoms with Gasteiger partial charge in [-0.1, -0.05) is 91.0 Å². The highest BCUT2D eigenvalue weighted by Gasteiger charge is 2.26. The lowest BCUT2D eigenvalue weighted by atomic mass is 9.83. The largest absolute Gasteiger partial charge is 0.144 e. The zero-order valence-electron chi connectivity index (χ0n) is 21.7. The molecule has 2 unspecified atom stereocenters. The molecule has 40 heavy (non-hydrogen) atoms. The molecular formula is C38H24S2. The number of fused-ring (bicyclic) bond motifs is 6. The van der Waals surface area contributed by atoms with Gasteiger partial charge >= 0.3 is 0 Å². The van der Waals surface area contributed by atoms with Crippen LogP contribution in [0.5, 0.6) is 0 Å². The monoisotopic (exact) mass is 544 g/mol. The van der Waals surface area contributed by atoms with E-state index in [0.717, 1.165) is 0 Å². The molecule has 0 spiro atoms. The molecule has 1 aromatic heterocycles. The summed E-state index contributed by atoms with van der Waals surface area (Å²) in [6.07, 6.45) is 7.47. The number of rotatable bonds is 2. The zero-order chi connectivity index (χ0) is 26.2. The van der Waals surface area contributed by atoms with Crippen LogP contribution in [0.1, 0.15) is 0 Å². The van der Waals surface area contributed by atoms with Gasteiger partial charge in [0.2, 0.25) is 0 Å². The van der Waals surface area contributed by atoms with Crippen LogP contribution < -0.4 is 10.4 Å². The van der Waals surface area contributed by atoms with E-state index in [2.05, 4.69) is 132 Å². The Bertz CT molecular complexity index is 2320. The molecule has 9 rings (SSSR count). The maximum absolute atomic E-state index is 2.55. The summed E-state index contributed by atoms with van der Waals surface area (Å²) in [5, 5.41) is 16.8. The second kappa shape index (κ2) is 8.69. The van der Waals surface area contributed by atoms with E-state index in [4.69, 9.17) is 0 Å². The van der Waals surface area contributed by atoms with E-state index in [0.29, 0.717) is 11.2 Å². The van der Waals surface area contributed by atoms with Gasteiger partial charge in [0, 0.05) is 15.9 Å². The first-order chi connectivity index (χ1) is 19.8. The van der Waals surface area contributed by atoms with Crippen molar-refractivity contribution < 1.29 is 0 Å². The number of benzene rings is 6. The van der Waals surface area contributed by atoms with Crippen LogP contribution >= 0.6 is 23.1 Å². The fourth-order valence-electron chi connectivity index (χ4n) is 6.73. The molecular weight excluding hydrogens is 521 g/mol. The van der Waals surface area contributed by atoms with Gasteiger partial charge in [0.1, 0.15) is 0 Å². The van der Waals surface area contributed by atoms with Crippen LogP contribution in [0.15, 0.2) is 120 Å². The summed E-state index contributed by atoms with van der Waals surface area (Å²) in [7, 11) is 0. The standard InChI is InChI=1S/C38H24S2/c1-3-7-25-17-29(11-9-23(25)5-1)37-31-19-27-13-15-40-36(27)22-34(31)38(30-12-10-24-6-2-4-8-26(24)18-30)32-20-28-14-16-39-35(28)21-33(32)37/h1-22,27,36H. The number of allylic oxidation sites excluding steroid dienone is 1. The van der Waals surface area contributed by atoms with Crippen molar-refractivity contribution in [1.29, 1.82) is 0 Å². The topological polar surface area (TPSA) is 0 Å². The molecule has 1 aliphatic carbocycles. The van der Waals surface area contributed by atoms with Gasteiger partial charge in [-0.3, -0.25) is 0 Å². The molecule has 0 nitrogen and oxygen atoms in total. The first kappa shape index (κ1) is 22.7. The molecule has 1 aliphatic heterocycles. The number of hydrogen-bond acceptors (Lipinski definition) is 2. The third kappa shape index (κ3) is 3.40. The Kier molecular flexibility index (Phi) is 4.93. The maximum atomic E-state index is 2.55. The first-order valence-electron chi connectivity index (χ1n) is 13.8. The fraction of sp³-hybridized carbons (Fsp3) is 0.0526. The summed E-state index contributed by atoms with van der Waals surface area (Å²) in [5.74, 6) is 0.420. The quantitative estimate of drug-likeness (QED) is 0.209. The van der Waals surface area contributed by atoms with Crippen molar-refractivity contribution in [2.75, 3.05) is 0 Å². The van der Waals surface area contributed by atoms with Gasteiger partial charge in [-0.25, -0.2) is 0 Å². The van der Waals surface area contributed by atoms with Gasteiger partial charge in [-0.2, -0.15) is 0 Å². The van der Waals surface area contributed by atoms with E-state index in [9.17, 15) is 0 Å². The van der Waals surface area contributed by atoms with Gasteiger partial charge < -0.3 is 0 Å². The highest BCUT2D eigenvalue weighted by atomic mass is 32.2. The van der Waals surface area contributed by atoms with Gasteiger partial charge in [0.25, 0.3) is 0 Å². The Balaban J connectivity index is 1.48. The van der Waals surface area contributed by atoms with Gasteiger partial charge in [-0.05, 0) is 112 Å². The molecule has 0 bridgehead atoms. The third-order valence-corrected chi connectivity index (χ3v) is 10.6. The second-order valence-corrected chi connectivity index (χ2v) is 12.9. The molecule has 2 heteroatoms. The number of thioether (sulfide) groups is 1. The molecule has 0 radical (unpaired) electrons. The van der Waals surface area contributed by atoms with Crippen LogP contribution in [-0.4, -0.2) is 5.25 Å². The van der Waals surface area contributed by atoms with E-state index in [1.165, 1.54) is 75.1 Å². The second-order valence-electron chi connectivity index (χ2n) is 10.9. The van der Waals surface area contributed by atoms with E-state index in [-0.39, 0.29) is 0 Å². The molecule has 7 aromatic rings. The Morgan fingerprint density at radius 3 is 1.85 bits per heavy atom. The van der Waals surface area contributed by atoms with E-state index >= 15 is 0 Å². The molecule has 2 heterocycles. The van der Waals surface area contributed by atoms with E-state index in [1.54, 1.807) is 0 Å². The van der Waals surface area contributed by atoms with Crippen molar-refractivity contribution >= 4 is 77.7 Å². The van der Waals surface area contributed by atoms with Gasteiger partial charge in [0.15, 0.2) is 0 Å². The Hall–Kier alpha value is -4.11. The van der Waals surface area contributed by atoms with Crippen LogP contribution in [0.3, 0.4) is 0 Å². The fourth-order valence-corrected chi connectivity index (χ4v) is 8.55. The van der Waals surface area contributed by atoms with Crippen LogP contribution in [0.25, 0.3) is 76.8 Å². The van der Waals surface area contributed by atoms with Crippen molar-refractivity contribution in [2.45, 2.75) is 5.25 Å². The maximum Gasteiger partial charge on any atom is 0.0375 e. The van der Waals surface area contributed by atoms with Crippen molar-refractivity contribution in [3.8, 4) is 22.3 Å². The molecule has 0 N–H and O–H groups in total. The highest BCUT2D eigenvalue weighted by Crippen LogP contribution is 2.40. The Morgan fingerprint density at radius 1 is 0.525 bits per heavy atom. The predicted octanol–water partition coefficient (Wildman–Crippen LogP) is 9.51. The summed E-state index contributed by atoms with van der Waals surface area (Å²) in [6, 6.07) is 38.5. The lowest BCUT2D eigenvalue weighted by Gasteiger charge is -2.22. The van der Waals surface area contributed by atoms with Crippen LogP contribution in [0.4, 0.5) is 0 Å². The third-order valence-electron chi connectivity index (χ3n) is 8.64. The predicted molar refractivity (Wildman–Crippen MR) is 177 cm³/mol. The van der Waals surface area contributed by atoms with Crippen LogP contribution in [0.2, 0.25) is 0 Å². The smallest absolute Gasteiger partial charge is 0.0375 e. The van der Waals surface area contributed by atoms with Crippen LogP contribution in [0, 0.1) is 5.92 Å². The van der Waals surface area contributed by atoms with Crippen molar-refractivity contribution in [3.05, 3.63) is 130 Å². The normalized spacial score (nSPS) is 17.7. The first-order valence-corrected chi connectivity index (χ1v) is 15.6. The molecule has 2 atom stereocenters. The highest BCUT2D eigenvalue weighted by molar-refractivity contribution is 8.03. The van der Waals surface area contributed by atoms with Crippen molar-refractivity contribution in [2.24, 2.45) is 5.92 Å². The van der Waals surface area contributed by atoms with Gasteiger partial charge in [0.05, 0.1) is 0 Å². The number of thiophene rings is 1. The van der Waals surface area contributed by atoms with Crippen molar-refractivity contribution in [1.82, 2.24) is 0 Å². The minimum absolute atomic E-state index is 0.420. The molecule has 188 valence electrons. The summed E-state index contributed by atoms with van der Waals surface area (Å²) < 4.78 is 1.34. The summed E-state index contributed by atoms with van der Waals surface area (Å²) >= 11 is 3.78. The van der Waals surface area contributed by atoms with E-state index < -0.39 is 0 Å². The average molecular weight is 545 g/mol. The molecule has 6 aromatic carbocycles. The summed E-state index contributed by atoms with van der Waals surface area (Å²) in [5.41, 5.74) is 5.29. The number of hydrogen-bond donors (Lipinski definition) is 0.